The monoisotopic (exact) mass is 321 g/mol. The molecule has 0 saturated heterocycles. The van der Waals surface area contributed by atoms with Crippen molar-refractivity contribution in [2.24, 2.45) is 0 Å². The summed E-state index contributed by atoms with van der Waals surface area (Å²) in [5, 5.41) is 3.93. The molecule has 0 fully saturated rings. The van der Waals surface area contributed by atoms with Crippen molar-refractivity contribution in [1.82, 2.24) is 4.98 Å². The molecule has 0 aliphatic carbocycles. The van der Waals surface area contributed by atoms with E-state index in [1.807, 2.05) is 12.1 Å². The van der Waals surface area contributed by atoms with Crippen LogP contribution in [0.5, 0.6) is 0 Å². The van der Waals surface area contributed by atoms with Crippen molar-refractivity contribution >= 4 is 57.8 Å². The SMILES string of the molecule is Nc1nc(NCCc2ccc(Cl)s2)c(Cl)cc1Cl. The highest BCUT2D eigenvalue weighted by atomic mass is 35.5. The minimum absolute atomic E-state index is 0.266. The molecule has 2 aromatic rings. The van der Waals surface area contributed by atoms with Crippen LogP contribution in [0.2, 0.25) is 14.4 Å². The molecule has 0 aliphatic heterocycles. The largest absolute Gasteiger partial charge is 0.382 e. The summed E-state index contributed by atoms with van der Waals surface area (Å²) in [6.45, 7) is 0.699. The van der Waals surface area contributed by atoms with Crippen molar-refractivity contribution in [3.63, 3.8) is 0 Å². The number of halogens is 3. The second-order valence-corrected chi connectivity index (χ2v) is 6.18. The van der Waals surface area contributed by atoms with Crippen molar-refractivity contribution < 1.29 is 0 Å². The molecule has 2 aromatic heterocycles. The molecule has 2 rings (SSSR count). The summed E-state index contributed by atoms with van der Waals surface area (Å²) in [6, 6.07) is 5.46. The first-order chi connectivity index (χ1) is 8.56. The molecule has 0 spiro atoms. The second kappa shape index (κ2) is 5.97. The van der Waals surface area contributed by atoms with Gasteiger partial charge in [0.15, 0.2) is 0 Å². The van der Waals surface area contributed by atoms with Gasteiger partial charge in [0.25, 0.3) is 0 Å². The zero-order valence-electron chi connectivity index (χ0n) is 9.21. The zero-order valence-corrected chi connectivity index (χ0v) is 12.3. The Bertz CT molecular complexity index is 556. The summed E-state index contributed by atoms with van der Waals surface area (Å²) in [6.07, 6.45) is 0.845. The van der Waals surface area contributed by atoms with Crippen LogP contribution in [0.3, 0.4) is 0 Å². The Kier molecular flexibility index (Phi) is 4.56. The highest BCUT2D eigenvalue weighted by molar-refractivity contribution is 7.16. The smallest absolute Gasteiger partial charge is 0.147 e. The van der Waals surface area contributed by atoms with Gasteiger partial charge in [-0.3, -0.25) is 0 Å². The van der Waals surface area contributed by atoms with Crippen LogP contribution in [-0.4, -0.2) is 11.5 Å². The van der Waals surface area contributed by atoms with E-state index in [2.05, 4.69) is 10.3 Å². The van der Waals surface area contributed by atoms with Crippen LogP contribution in [0.1, 0.15) is 4.88 Å². The highest BCUT2D eigenvalue weighted by Gasteiger charge is 2.06. The summed E-state index contributed by atoms with van der Waals surface area (Å²) in [5.74, 6) is 0.809. The molecule has 0 saturated carbocycles. The number of thiophene rings is 1. The lowest BCUT2D eigenvalue weighted by Crippen LogP contribution is -2.07. The lowest BCUT2D eigenvalue weighted by molar-refractivity contribution is 1.03. The summed E-state index contributed by atoms with van der Waals surface area (Å²) in [4.78, 5) is 5.29. The molecule has 0 radical (unpaired) electrons. The van der Waals surface area contributed by atoms with Crippen LogP contribution in [-0.2, 0) is 6.42 Å². The van der Waals surface area contributed by atoms with E-state index in [1.54, 1.807) is 17.4 Å². The molecule has 0 bridgehead atoms. The van der Waals surface area contributed by atoms with Gasteiger partial charge in [-0.1, -0.05) is 34.8 Å². The molecule has 0 atom stereocenters. The number of hydrogen-bond donors (Lipinski definition) is 2. The number of pyridine rings is 1. The van der Waals surface area contributed by atoms with Gasteiger partial charge in [-0.2, -0.15) is 0 Å². The van der Waals surface area contributed by atoms with Gasteiger partial charge in [-0.05, 0) is 24.6 Å². The van der Waals surface area contributed by atoms with E-state index in [9.17, 15) is 0 Å². The van der Waals surface area contributed by atoms with Gasteiger partial charge < -0.3 is 11.1 Å². The van der Waals surface area contributed by atoms with Gasteiger partial charge in [0.2, 0.25) is 0 Å². The average Bonchev–Trinajstić information content (AvgIpc) is 2.71. The maximum absolute atomic E-state index is 6.00. The van der Waals surface area contributed by atoms with Crippen LogP contribution in [0, 0.1) is 0 Å². The third-order valence-electron chi connectivity index (χ3n) is 2.25. The number of nitrogens with zero attached hydrogens (tertiary/aromatic N) is 1. The topological polar surface area (TPSA) is 50.9 Å². The quantitative estimate of drug-likeness (QED) is 0.880. The number of rotatable bonds is 4. The van der Waals surface area contributed by atoms with Crippen LogP contribution >= 0.6 is 46.1 Å². The van der Waals surface area contributed by atoms with E-state index in [1.165, 1.54) is 4.88 Å². The minimum Gasteiger partial charge on any atom is -0.382 e. The van der Waals surface area contributed by atoms with Gasteiger partial charge in [0.1, 0.15) is 11.6 Å². The number of hydrogen-bond acceptors (Lipinski definition) is 4. The second-order valence-electron chi connectivity index (χ2n) is 3.57. The molecule has 18 heavy (non-hydrogen) atoms. The van der Waals surface area contributed by atoms with Crippen molar-refractivity contribution in [3.05, 3.63) is 37.5 Å². The minimum atomic E-state index is 0.266. The fraction of sp³-hybridized carbons (Fsp3) is 0.182. The normalized spacial score (nSPS) is 10.6. The third kappa shape index (κ3) is 3.42. The van der Waals surface area contributed by atoms with Crippen LogP contribution in [0.25, 0.3) is 0 Å². The van der Waals surface area contributed by atoms with E-state index >= 15 is 0 Å². The first-order valence-electron chi connectivity index (χ1n) is 5.16. The van der Waals surface area contributed by atoms with Gasteiger partial charge in [-0.15, -0.1) is 11.3 Å². The molecule has 0 unspecified atom stereocenters. The van der Waals surface area contributed by atoms with E-state index in [4.69, 9.17) is 40.5 Å². The summed E-state index contributed by atoms with van der Waals surface area (Å²) >= 11 is 19.2. The highest BCUT2D eigenvalue weighted by Crippen LogP contribution is 2.27. The molecule has 0 amide bonds. The van der Waals surface area contributed by atoms with E-state index in [0.29, 0.717) is 22.4 Å². The Morgan fingerprint density at radius 3 is 2.67 bits per heavy atom. The number of aromatic nitrogens is 1. The predicted molar refractivity (Wildman–Crippen MR) is 80.2 cm³/mol. The van der Waals surface area contributed by atoms with Gasteiger partial charge >= 0.3 is 0 Å². The first kappa shape index (κ1) is 13.7. The number of anilines is 2. The molecule has 3 N–H and O–H groups in total. The fourth-order valence-electron chi connectivity index (χ4n) is 1.39. The summed E-state index contributed by atoms with van der Waals surface area (Å²) in [5.41, 5.74) is 5.62. The van der Waals surface area contributed by atoms with Gasteiger partial charge in [0.05, 0.1) is 14.4 Å². The van der Waals surface area contributed by atoms with E-state index in [-0.39, 0.29) is 5.82 Å². The summed E-state index contributed by atoms with van der Waals surface area (Å²) < 4.78 is 0.789. The Labute approximate surface area is 124 Å². The first-order valence-corrected chi connectivity index (χ1v) is 7.11. The standard InChI is InChI=1S/C11H10Cl3N3S/c12-7-5-8(13)11(17-10(7)15)16-4-3-6-1-2-9(14)18-6/h1-2,5H,3-4H2,(H3,15,16,17). The zero-order chi connectivity index (χ0) is 13.1. The van der Waals surface area contributed by atoms with E-state index < -0.39 is 0 Å². The molecule has 0 aromatic carbocycles. The molecule has 7 heteroatoms. The van der Waals surface area contributed by atoms with Crippen LogP contribution in [0.4, 0.5) is 11.6 Å². The Morgan fingerprint density at radius 2 is 2.00 bits per heavy atom. The fourth-order valence-corrected chi connectivity index (χ4v) is 2.91. The van der Waals surface area contributed by atoms with Crippen molar-refractivity contribution in [1.29, 1.82) is 0 Å². The number of nitrogens with two attached hydrogens (primary N) is 1. The van der Waals surface area contributed by atoms with Gasteiger partial charge in [0, 0.05) is 11.4 Å². The molecule has 0 aliphatic rings. The lowest BCUT2D eigenvalue weighted by Gasteiger charge is -2.08. The number of nitrogen functional groups attached to an aromatic ring is 1. The molecular formula is C11H10Cl3N3S. The Hall–Kier alpha value is -0.680. The molecular weight excluding hydrogens is 313 g/mol. The summed E-state index contributed by atoms with van der Waals surface area (Å²) in [7, 11) is 0. The van der Waals surface area contributed by atoms with Crippen LogP contribution in [0.15, 0.2) is 18.2 Å². The van der Waals surface area contributed by atoms with Crippen molar-refractivity contribution in [2.45, 2.75) is 6.42 Å². The predicted octanol–water partition coefficient (Wildman–Crippen LogP) is 4.34. The number of nitrogens with one attached hydrogen (secondary N) is 1. The molecule has 3 nitrogen and oxygen atoms in total. The molecule has 96 valence electrons. The Balaban J connectivity index is 1.96. The van der Waals surface area contributed by atoms with Crippen LogP contribution < -0.4 is 11.1 Å². The maximum Gasteiger partial charge on any atom is 0.147 e. The average molecular weight is 323 g/mol. The molecule has 2 heterocycles. The Morgan fingerprint density at radius 1 is 1.22 bits per heavy atom. The van der Waals surface area contributed by atoms with Crippen molar-refractivity contribution in [3.8, 4) is 0 Å². The van der Waals surface area contributed by atoms with E-state index in [0.717, 1.165) is 10.8 Å². The van der Waals surface area contributed by atoms with Crippen molar-refractivity contribution in [2.75, 3.05) is 17.6 Å². The lowest BCUT2D eigenvalue weighted by atomic mass is 10.3. The third-order valence-corrected chi connectivity index (χ3v) is 4.13. The maximum atomic E-state index is 6.00. The van der Waals surface area contributed by atoms with Gasteiger partial charge in [-0.25, -0.2) is 4.98 Å².